The number of sulfone groups is 1. The van der Waals surface area contributed by atoms with Crippen molar-refractivity contribution in [3.05, 3.63) is 0 Å². The number of aliphatic hydroxyl groups excluding tert-OH is 1. The quantitative estimate of drug-likeness (QED) is 0.699. The molecule has 0 spiro atoms. The molecule has 1 unspecified atom stereocenters. The predicted molar refractivity (Wildman–Crippen MR) is 74.3 cm³/mol. The highest BCUT2D eigenvalue weighted by atomic mass is 32.2. The molecular formula is C13H27NO3S. The van der Waals surface area contributed by atoms with Crippen molar-refractivity contribution in [3.8, 4) is 0 Å². The van der Waals surface area contributed by atoms with Crippen LogP contribution in [0.2, 0.25) is 0 Å². The van der Waals surface area contributed by atoms with Crippen LogP contribution in [0.25, 0.3) is 0 Å². The van der Waals surface area contributed by atoms with E-state index in [0.29, 0.717) is 18.4 Å². The molecule has 1 saturated carbocycles. The molecule has 0 amide bonds. The molecule has 1 aliphatic rings. The Morgan fingerprint density at radius 1 is 1.22 bits per heavy atom. The van der Waals surface area contributed by atoms with Crippen LogP contribution in [0.3, 0.4) is 0 Å². The van der Waals surface area contributed by atoms with Crippen LogP contribution < -0.4 is 5.32 Å². The Kier molecular flexibility index (Phi) is 6.60. The van der Waals surface area contributed by atoms with Crippen LogP contribution in [-0.4, -0.2) is 44.2 Å². The molecule has 0 saturated heterocycles. The Morgan fingerprint density at radius 2 is 1.83 bits per heavy atom. The minimum absolute atomic E-state index is 0.103. The van der Waals surface area contributed by atoms with Gasteiger partial charge in [0.1, 0.15) is 0 Å². The lowest BCUT2D eigenvalue weighted by atomic mass is 10.1. The van der Waals surface area contributed by atoms with Gasteiger partial charge in [0.15, 0.2) is 9.84 Å². The molecule has 0 heterocycles. The molecule has 0 aliphatic heterocycles. The van der Waals surface area contributed by atoms with E-state index in [-0.39, 0.29) is 11.5 Å². The summed E-state index contributed by atoms with van der Waals surface area (Å²) in [4.78, 5) is 0. The maximum absolute atomic E-state index is 11.9. The van der Waals surface area contributed by atoms with Gasteiger partial charge >= 0.3 is 0 Å². The van der Waals surface area contributed by atoms with E-state index in [2.05, 4.69) is 19.2 Å². The third-order valence-electron chi connectivity index (χ3n) is 3.34. The normalized spacial score (nSPS) is 19.6. The van der Waals surface area contributed by atoms with Crippen LogP contribution in [0.5, 0.6) is 0 Å². The number of aliphatic hydroxyl groups is 1. The SMILES string of the molecule is CC(C)CNCC(O)CS(=O)(=O)CC1CCCC1. The molecule has 0 aromatic rings. The monoisotopic (exact) mass is 277 g/mol. The lowest BCUT2D eigenvalue weighted by molar-refractivity contribution is 0.192. The van der Waals surface area contributed by atoms with Gasteiger partial charge in [0, 0.05) is 6.54 Å². The van der Waals surface area contributed by atoms with Gasteiger partial charge in [0.2, 0.25) is 0 Å². The highest BCUT2D eigenvalue weighted by Crippen LogP contribution is 2.26. The minimum Gasteiger partial charge on any atom is -0.391 e. The summed E-state index contributed by atoms with van der Waals surface area (Å²) in [5.41, 5.74) is 0. The molecule has 0 radical (unpaired) electrons. The number of rotatable bonds is 8. The Bertz CT molecular complexity index is 321. The van der Waals surface area contributed by atoms with Gasteiger partial charge < -0.3 is 10.4 Å². The molecule has 0 aromatic carbocycles. The van der Waals surface area contributed by atoms with Crippen molar-refractivity contribution in [3.63, 3.8) is 0 Å². The third-order valence-corrected chi connectivity index (χ3v) is 5.22. The zero-order valence-electron chi connectivity index (χ0n) is 11.6. The average molecular weight is 277 g/mol. The van der Waals surface area contributed by atoms with Crippen LogP contribution in [-0.2, 0) is 9.84 Å². The first kappa shape index (κ1) is 15.9. The first-order chi connectivity index (χ1) is 8.39. The topological polar surface area (TPSA) is 66.4 Å². The Morgan fingerprint density at radius 3 is 2.39 bits per heavy atom. The van der Waals surface area contributed by atoms with Gasteiger partial charge in [-0.05, 0) is 31.2 Å². The van der Waals surface area contributed by atoms with E-state index >= 15 is 0 Å². The van der Waals surface area contributed by atoms with Gasteiger partial charge in [0.25, 0.3) is 0 Å². The van der Waals surface area contributed by atoms with Crippen molar-refractivity contribution in [1.29, 1.82) is 0 Å². The minimum atomic E-state index is -3.10. The lowest BCUT2D eigenvalue weighted by Crippen LogP contribution is -2.35. The van der Waals surface area contributed by atoms with E-state index in [4.69, 9.17) is 0 Å². The summed E-state index contributed by atoms with van der Waals surface area (Å²) in [7, 11) is -3.10. The lowest BCUT2D eigenvalue weighted by Gasteiger charge is -2.15. The van der Waals surface area contributed by atoms with E-state index in [0.717, 1.165) is 32.2 Å². The van der Waals surface area contributed by atoms with E-state index in [1.54, 1.807) is 0 Å². The van der Waals surface area contributed by atoms with Crippen molar-refractivity contribution in [1.82, 2.24) is 5.32 Å². The molecule has 18 heavy (non-hydrogen) atoms. The average Bonchev–Trinajstić information content (AvgIpc) is 2.67. The Labute approximate surface area is 111 Å². The van der Waals surface area contributed by atoms with E-state index < -0.39 is 15.9 Å². The number of hydrogen-bond donors (Lipinski definition) is 2. The summed E-state index contributed by atoms with van der Waals surface area (Å²) < 4.78 is 23.8. The Balaban J connectivity index is 2.25. The fraction of sp³-hybridized carbons (Fsp3) is 1.00. The van der Waals surface area contributed by atoms with Gasteiger partial charge in [-0.2, -0.15) is 0 Å². The number of nitrogens with one attached hydrogen (secondary N) is 1. The molecule has 108 valence electrons. The van der Waals surface area contributed by atoms with E-state index in [1.165, 1.54) is 0 Å². The first-order valence-electron chi connectivity index (χ1n) is 6.98. The summed E-state index contributed by atoms with van der Waals surface area (Å²) in [6.45, 7) is 5.33. The van der Waals surface area contributed by atoms with Crippen molar-refractivity contribution < 1.29 is 13.5 Å². The highest BCUT2D eigenvalue weighted by Gasteiger charge is 2.24. The smallest absolute Gasteiger partial charge is 0.153 e. The Hall–Kier alpha value is -0.130. The van der Waals surface area contributed by atoms with Crippen LogP contribution >= 0.6 is 0 Å². The van der Waals surface area contributed by atoms with Gasteiger partial charge in [-0.3, -0.25) is 0 Å². The van der Waals surface area contributed by atoms with Crippen molar-refractivity contribution in [2.45, 2.75) is 45.6 Å². The van der Waals surface area contributed by atoms with Gasteiger partial charge in [-0.15, -0.1) is 0 Å². The molecule has 4 nitrogen and oxygen atoms in total. The maximum Gasteiger partial charge on any atom is 0.153 e. The summed E-state index contributed by atoms with van der Waals surface area (Å²) >= 11 is 0. The molecule has 0 bridgehead atoms. The van der Waals surface area contributed by atoms with Crippen LogP contribution in [0.4, 0.5) is 0 Å². The second-order valence-corrected chi connectivity index (χ2v) is 8.09. The van der Waals surface area contributed by atoms with E-state index in [9.17, 15) is 13.5 Å². The maximum atomic E-state index is 11.9. The number of hydrogen-bond acceptors (Lipinski definition) is 4. The summed E-state index contributed by atoms with van der Waals surface area (Å²) in [5, 5.41) is 12.8. The van der Waals surface area contributed by atoms with Crippen LogP contribution in [0.15, 0.2) is 0 Å². The molecule has 1 fully saturated rings. The second kappa shape index (κ2) is 7.46. The summed E-state index contributed by atoms with van der Waals surface area (Å²) in [6, 6.07) is 0. The highest BCUT2D eigenvalue weighted by molar-refractivity contribution is 7.91. The van der Waals surface area contributed by atoms with Gasteiger partial charge in [-0.25, -0.2) is 8.42 Å². The predicted octanol–water partition coefficient (Wildman–Crippen LogP) is 1.20. The van der Waals surface area contributed by atoms with Gasteiger partial charge in [-0.1, -0.05) is 26.7 Å². The second-order valence-electron chi connectivity index (χ2n) is 5.93. The summed E-state index contributed by atoms with van der Waals surface area (Å²) in [6.07, 6.45) is 3.58. The fourth-order valence-corrected chi connectivity index (χ4v) is 4.39. The molecule has 5 heteroatoms. The molecule has 1 atom stereocenters. The fourth-order valence-electron chi connectivity index (χ4n) is 2.49. The zero-order chi connectivity index (χ0) is 13.6. The van der Waals surface area contributed by atoms with Crippen molar-refractivity contribution >= 4 is 9.84 Å². The molecule has 2 N–H and O–H groups in total. The molecule has 0 aromatic heterocycles. The largest absolute Gasteiger partial charge is 0.391 e. The van der Waals surface area contributed by atoms with Gasteiger partial charge in [0.05, 0.1) is 17.6 Å². The molecule has 1 aliphatic carbocycles. The third kappa shape index (κ3) is 6.71. The zero-order valence-corrected chi connectivity index (χ0v) is 12.4. The molecule has 1 rings (SSSR count). The summed E-state index contributed by atoms with van der Waals surface area (Å²) in [5.74, 6) is 0.987. The van der Waals surface area contributed by atoms with Crippen LogP contribution in [0.1, 0.15) is 39.5 Å². The van der Waals surface area contributed by atoms with Crippen LogP contribution in [0, 0.1) is 11.8 Å². The first-order valence-corrected chi connectivity index (χ1v) is 8.80. The van der Waals surface area contributed by atoms with Crippen molar-refractivity contribution in [2.24, 2.45) is 11.8 Å². The van der Waals surface area contributed by atoms with Crippen molar-refractivity contribution in [2.75, 3.05) is 24.6 Å². The van der Waals surface area contributed by atoms with E-state index in [1.807, 2.05) is 0 Å². The molecular weight excluding hydrogens is 250 g/mol. The standard InChI is InChI=1S/C13H27NO3S/c1-11(2)7-14-8-13(15)10-18(16,17)9-12-5-3-4-6-12/h11-15H,3-10H2,1-2H3.